The van der Waals surface area contributed by atoms with Gasteiger partial charge in [-0.05, 0) is 80.2 Å². The fraction of sp³-hybridized carbons (Fsp3) is 0.680. The maximum atomic E-state index is 13.2. The normalized spacial score (nSPS) is 32.7. The Morgan fingerprint density at radius 1 is 0.833 bits per heavy atom. The molecule has 0 unspecified atom stereocenters. The molecule has 1 saturated heterocycles. The molecule has 5 aliphatic rings. The van der Waals surface area contributed by atoms with Crippen molar-refractivity contribution in [2.75, 3.05) is 32.8 Å². The zero-order valence-corrected chi connectivity index (χ0v) is 17.9. The molecular formula is C25H34N2O3. The zero-order valence-electron chi connectivity index (χ0n) is 17.9. The maximum absolute atomic E-state index is 13.2. The minimum absolute atomic E-state index is 0.00855. The number of para-hydroxylation sites is 1. The van der Waals surface area contributed by atoms with Crippen LogP contribution in [0.2, 0.25) is 0 Å². The van der Waals surface area contributed by atoms with E-state index in [4.69, 9.17) is 4.74 Å². The van der Waals surface area contributed by atoms with Gasteiger partial charge in [-0.15, -0.1) is 0 Å². The number of benzene rings is 1. The molecule has 1 aromatic carbocycles. The summed E-state index contributed by atoms with van der Waals surface area (Å²) in [5.41, 5.74) is 0.289. The van der Waals surface area contributed by atoms with E-state index in [1.54, 1.807) is 0 Å². The predicted molar refractivity (Wildman–Crippen MR) is 115 cm³/mol. The molecule has 0 aromatic heterocycles. The first-order chi connectivity index (χ1) is 14.6. The van der Waals surface area contributed by atoms with Crippen LogP contribution in [0.3, 0.4) is 0 Å². The molecule has 0 radical (unpaired) electrons. The van der Waals surface area contributed by atoms with E-state index in [-0.39, 0.29) is 17.9 Å². The van der Waals surface area contributed by atoms with Crippen molar-refractivity contribution in [3.05, 3.63) is 30.3 Å². The smallest absolute Gasteiger partial charge is 0.260 e. The van der Waals surface area contributed by atoms with E-state index in [2.05, 4.69) is 0 Å². The van der Waals surface area contributed by atoms with Crippen LogP contribution in [0, 0.1) is 23.2 Å². The third-order valence-electron chi connectivity index (χ3n) is 8.00. The molecule has 4 saturated carbocycles. The molecule has 5 nitrogen and oxygen atoms in total. The van der Waals surface area contributed by atoms with Gasteiger partial charge in [0.1, 0.15) is 5.75 Å². The minimum atomic E-state index is 0.00855. The Morgan fingerprint density at radius 3 is 2.00 bits per heavy atom. The van der Waals surface area contributed by atoms with E-state index in [0.717, 1.165) is 37.1 Å². The number of carbonyl (C=O) groups excluding carboxylic acids is 2. The number of nitrogens with zero attached hydrogens (tertiary/aromatic N) is 2. The Morgan fingerprint density at radius 2 is 1.40 bits per heavy atom. The highest BCUT2D eigenvalue weighted by Crippen LogP contribution is 2.61. The average molecular weight is 411 g/mol. The summed E-state index contributed by atoms with van der Waals surface area (Å²) >= 11 is 0. The van der Waals surface area contributed by atoms with E-state index in [1.807, 2.05) is 40.1 Å². The summed E-state index contributed by atoms with van der Waals surface area (Å²) in [6.07, 6.45) is 9.67. The van der Waals surface area contributed by atoms with Crippen molar-refractivity contribution >= 4 is 11.8 Å². The van der Waals surface area contributed by atoms with E-state index < -0.39 is 0 Å². The van der Waals surface area contributed by atoms with Crippen LogP contribution < -0.4 is 4.74 Å². The number of amides is 2. The van der Waals surface area contributed by atoms with Crippen LogP contribution in [0.5, 0.6) is 5.75 Å². The molecule has 4 bridgehead atoms. The average Bonchev–Trinajstić information content (AvgIpc) is 2.98. The maximum Gasteiger partial charge on any atom is 0.260 e. The minimum Gasteiger partial charge on any atom is -0.484 e. The highest BCUT2D eigenvalue weighted by molar-refractivity contribution is 5.79. The summed E-state index contributed by atoms with van der Waals surface area (Å²) < 4.78 is 5.62. The molecule has 0 N–H and O–H groups in total. The van der Waals surface area contributed by atoms with Gasteiger partial charge in [0, 0.05) is 32.6 Å². The number of rotatable bonds is 5. The highest BCUT2D eigenvalue weighted by Gasteiger charge is 2.51. The molecule has 2 amide bonds. The Bertz CT molecular complexity index is 743. The van der Waals surface area contributed by atoms with Gasteiger partial charge in [0.05, 0.1) is 0 Å². The molecular weight excluding hydrogens is 376 g/mol. The molecule has 4 aliphatic carbocycles. The van der Waals surface area contributed by atoms with Gasteiger partial charge >= 0.3 is 0 Å². The van der Waals surface area contributed by atoms with Gasteiger partial charge < -0.3 is 14.5 Å². The number of hydrogen-bond donors (Lipinski definition) is 0. The largest absolute Gasteiger partial charge is 0.484 e. The topological polar surface area (TPSA) is 49.9 Å². The monoisotopic (exact) mass is 410 g/mol. The van der Waals surface area contributed by atoms with Crippen molar-refractivity contribution < 1.29 is 14.3 Å². The van der Waals surface area contributed by atoms with Crippen molar-refractivity contribution in [2.45, 2.75) is 51.4 Å². The summed E-state index contributed by atoms with van der Waals surface area (Å²) in [7, 11) is 0. The van der Waals surface area contributed by atoms with E-state index >= 15 is 0 Å². The molecule has 162 valence electrons. The molecule has 6 rings (SSSR count). The van der Waals surface area contributed by atoms with Crippen LogP contribution in [0.4, 0.5) is 0 Å². The lowest BCUT2D eigenvalue weighted by Crippen LogP contribution is -2.48. The predicted octanol–water partition coefficient (Wildman–Crippen LogP) is 3.73. The van der Waals surface area contributed by atoms with Crippen LogP contribution in [-0.2, 0) is 9.59 Å². The molecule has 1 aromatic rings. The van der Waals surface area contributed by atoms with Gasteiger partial charge in [-0.25, -0.2) is 0 Å². The van der Waals surface area contributed by atoms with Crippen LogP contribution in [0.25, 0.3) is 0 Å². The van der Waals surface area contributed by atoms with Crippen LogP contribution in [0.15, 0.2) is 30.3 Å². The van der Waals surface area contributed by atoms with Crippen LogP contribution in [0.1, 0.15) is 51.4 Å². The molecule has 5 heteroatoms. The summed E-state index contributed by atoms with van der Waals surface area (Å²) in [5.74, 6) is 3.69. The summed E-state index contributed by atoms with van der Waals surface area (Å²) in [5, 5.41) is 0. The van der Waals surface area contributed by atoms with Gasteiger partial charge in [0.25, 0.3) is 5.91 Å². The number of ether oxygens (including phenoxy) is 1. The van der Waals surface area contributed by atoms with Crippen molar-refractivity contribution in [1.29, 1.82) is 0 Å². The Hall–Kier alpha value is -2.04. The molecule has 0 atom stereocenters. The van der Waals surface area contributed by atoms with Crippen molar-refractivity contribution in [3.63, 3.8) is 0 Å². The van der Waals surface area contributed by atoms with Crippen LogP contribution >= 0.6 is 0 Å². The van der Waals surface area contributed by atoms with Gasteiger partial charge in [-0.1, -0.05) is 18.2 Å². The van der Waals surface area contributed by atoms with Gasteiger partial charge in [-0.2, -0.15) is 0 Å². The Kier molecular flexibility index (Phi) is 5.46. The highest BCUT2D eigenvalue weighted by atomic mass is 16.5. The lowest BCUT2D eigenvalue weighted by Gasteiger charge is -2.57. The van der Waals surface area contributed by atoms with E-state index in [9.17, 15) is 9.59 Å². The Balaban J connectivity index is 1.13. The van der Waals surface area contributed by atoms with Gasteiger partial charge in [-0.3, -0.25) is 9.59 Å². The van der Waals surface area contributed by atoms with Crippen LogP contribution in [-0.4, -0.2) is 54.4 Å². The van der Waals surface area contributed by atoms with E-state index in [1.165, 1.54) is 38.5 Å². The summed E-state index contributed by atoms with van der Waals surface area (Å²) in [6.45, 7) is 2.81. The first kappa shape index (κ1) is 19.9. The quantitative estimate of drug-likeness (QED) is 0.743. The Labute approximate surface area is 179 Å². The first-order valence-electron chi connectivity index (χ1n) is 11.8. The van der Waals surface area contributed by atoms with Crippen molar-refractivity contribution in [1.82, 2.24) is 9.80 Å². The molecule has 1 aliphatic heterocycles. The summed E-state index contributed by atoms with van der Waals surface area (Å²) in [4.78, 5) is 29.7. The third-order valence-corrected chi connectivity index (χ3v) is 8.00. The van der Waals surface area contributed by atoms with Gasteiger partial charge in [0.15, 0.2) is 6.61 Å². The lowest BCUT2D eigenvalue weighted by molar-refractivity contribution is -0.140. The summed E-state index contributed by atoms with van der Waals surface area (Å²) in [6, 6.07) is 9.46. The second kappa shape index (κ2) is 8.24. The number of carbonyl (C=O) groups is 2. The molecule has 5 fully saturated rings. The SMILES string of the molecule is O=C(COc1ccccc1)N1CCCN(C(=O)CC23CC4CC(CC(C4)C2)C3)CC1. The molecule has 0 spiro atoms. The van der Waals surface area contributed by atoms with E-state index in [0.29, 0.717) is 31.3 Å². The lowest BCUT2D eigenvalue weighted by atomic mass is 9.49. The van der Waals surface area contributed by atoms with Crippen molar-refractivity contribution in [3.8, 4) is 5.75 Å². The fourth-order valence-electron chi connectivity index (χ4n) is 7.11. The van der Waals surface area contributed by atoms with Crippen molar-refractivity contribution in [2.24, 2.45) is 23.2 Å². The zero-order chi connectivity index (χ0) is 20.6. The molecule has 1 heterocycles. The first-order valence-corrected chi connectivity index (χ1v) is 11.8. The second-order valence-electron chi connectivity index (χ2n) is 10.3. The standard InChI is InChI=1S/C25H34N2O3/c28-23(17-25-14-19-11-20(15-25)13-21(12-19)16-25)26-7-4-8-27(10-9-26)24(29)18-30-22-5-2-1-3-6-22/h1-3,5-6,19-21H,4,7-18H2. The fourth-order valence-corrected chi connectivity index (χ4v) is 7.11. The number of hydrogen-bond acceptors (Lipinski definition) is 3. The van der Waals surface area contributed by atoms with Gasteiger partial charge in [0.2, 0.25) is 5.91 Å². The third kappa shape index (κ3) is 4.21. The second-order valence-corrected chi connectivity index (χ2v) is 10.3. The molecule has 30 heavy (non-hydrogen) atoms.